The van der Waals surface area contributed by atoms with Gasteiger partial charge < -0.3 is 18.9 Å². The van der Waals surface area contributed by atoms with Crippen molar-refractivity contribution >= 4 is 45.9 Å². The van der Waals surface area contributed by atoms with Crippen LogP contribution in [0.3, 0.4) is 0 Å². The van der Waals surface area contributed by atoms with Crippen LogP contribution in [0.2, 0.25) is 10.0 Å². The summed E-state index contributed by atoms with van der Waals surface area (Å²) in [6.07, 6.45) is 10.7. The molecule has 176 valence electrons. The molecule has 3 aromatic rings. The van der Waals surface area contributed by atoms with Crippen molar-refractivity contribution in [3.63, 3.8) is 0 Å². The van der Waals surface area contributed by atoms with Crippen LogP contribution in [0.25, 0.3) is 16.6 Å². The van der Waals surface area contributed by atoms with E-state index in [2.05, 4.69) is 20.7 Å². The molecule has 0 spiro atoms. The van der Waals surface area contributed by atoms with Crippen LogP contribution in [0.15, 0.2) is 36.9 Å². The fourth-order valence-electron chi connectivity index (χ4n) is 4.25. The second-order valence-electron chi connectivity index (χ2n) is 8.18. The van der Waals surface area contributed by atoms with Crippen LogP contribution >= 0.6 is 23.2 Å². The normalized spacial score (nSPS) is 16.0. The number of hydrogen-bond donors (Lipinski definition) is 0. The van der Waals surface area contributed by atoms with Crippen molar-refractivity contribution < 1.29 is 14.3 Å². The van der Waals surface area contributed by atoms with Crippen LogP contribution in [0.1, 0.15) is 38.5 Å². The third kappa shape index (κ3) is 5.60. The van der Waals surface area contributed by atoms with Gasteiger partial charge in [-0.2, -0.15) is 0 Å². The lowest BCUT2D eigenvalue weighted by Gasteiger charge is -2.27. The molecule has 0 unspecified atom stereocenters. The molecule has 9 heteroatoms. The molecule has 1 aliphatic heterocycles. The van der Waals surface area contributed by atoms with Crippen molar-refractivity contribution in [1.29, 1.82) is 0 Å². The number of pyridine rings is 1. The summed E-state index contributed by atoms with van der Waals surface area (Å²) >= 11 is 12.9. The summed E-state index contributed by atoms with van der Waals surface area (Å²) in [4.78, 5) is 22.6. The van der Waals surface area contributed by atoms with Gasteiger partial charge in [-0.1, -0.05) is 29.6 Å². The average Bonchev–Trinajstić information content (AvgIpc) is 3.52. The first kappa shape index (κ1) is 23.8. The van der Waals surface area contributed by atoms with E-state index in [1.54, 1.807) is 18.6 Å². The van der Waals surface area contributed by atoms with Crippen LogP contribution in [-0.4, -0.2) is 53.4 Å². The highest BCUT2D eigenvalue weighted by molar-refractivity contribution is 6.45. The van der Waals surface area contributed by atoms with Crippen LogP contribution < -0.4 is 4.90 Å². The Hall–Kier alpha value is -2.35. The van der Waals surface area contributed by atoms with Crippen molar-refractivity contribution in [3.8, 4) is 5.69 Å². The molecule has 0 N–H and O–H groups in total. The molecule has 4 rings (SSSR count). The lowest BCUT2D eigenvalue weighted by atomic mass is 10.1. The maximum absolute atomic E-state index is 11.2. The highest BCUT2D eigenvalue weighted by atomic mass is 35.5. The number of ether oxygens (including phenoxy) is 2. The molecule has 33 heavy (non-hydrogen) atoms. The minimum atomic E-state index is -0.156. The Labute approximate surface area is 203 Å². The first-order valence-electron chi connectivity index (χ1n) is 11.3. The topological polar surface area (TPSA) is 69.5 Å². The van der Waals surface area contributed by atoms with E-state index >= 15 is 0 Å². The van der Waals surface area contributed by atoms with E-state index in [1.807, 2.05) is 16.8 Å². The zero-order valence-corrected chi connectivity index (χ0v) is 20.2. The molecule has 1 atom stereocenters. The van der Waals surface area contributed by atoms with Gasteiger partial charge in [0.25, 0.3) is 0 Å². The zero-order valence-electron chi connectivity index (χ0n) is 18.7. The van der Waals surface area contributed by atoms with Crippen molar-refractivity contribution in [2.24, 2.45) is 0 Å². The summed E-state index contributed by atoms with van der Waals surface area (Å²) in [6.45, 7) is 2.23. The highest BCUT2D eigenvalue weighted by Gasteiger charge is 2.27. The maximum Gasteiger partial charge on any atom is 0.305 e. The summed E-state index contributed by atoms with van der Waals surface area (Å²) in [5, 5.41) is 1.86. The average molecular weight is 491 g/mol. The van der Waals surface area contributed by atoms with E-state index in [-0.39, 0.29) is 12.0 Å². The van der Waals surface area contributed by atoms with Crippen molar-refractivity contribution in [2.75, 3.05) is 31.8 Å². The number of unbranched alkanes of at least 4 members (excludes halogenated alkanes) is 2. The molecule has 0 aliphatic carbocycles. The minimum absolute atomic E-state index is 0.156. The molecule has 0 amide bonds. The van der Waals surface area contributed by atoms with Crippen molar-refractivity contribution in [1.82, 2.24) is 14.5 Å². The summed E-state index contributed by atoms with van der Waals surface area (Å²) < 4.78 is 12.6. The maximum atomic E-state index is 11.2. The Morgan fingerprint density at radius 3 is 2.91 bits per heavy atom. The van der Waals surface area contributed by atoms with Crippen LogP contribution in [0, 0.1) is 0 Å². The fraction of sp³-hybridized carbons (Fsp3) is 0.458. The third-order valence-corrected chi connectivity index (χ3v) is 6.79. The van der Waals surface area contributed by atoms with Gasteiger partial charge >= 0.3 is 5.97 Å². The second-order valence-corrected chi connectivity index (χ2v) is 8.96. The summed E-state index contributed by atoms with van der Waals surface area (Å²) in [6, 6.07) is 6.07. The zero-order chi connectivity index (χ0) is 23.2. The smallest absolute Gasteiger partial charge is 0.305 e. The number of anilines is 1. The number of methoxy groups -OCH3 is 1. The Morgan fingerprint density at radius 1 is 1.24 bits per heavy atom. The molecule has 1 fully saturated rings. The predicted octanol–water partition coefficient (Wildman–Crippen LogP) is 5.45. The largest absolute Gasteiger partial charge is 0.469 e. The number of aromatic nitrogens is 3. The van der Waals surface area contributed by atoms with E-state index in [9.17, 15) is 4.79 Å². The number of hydrogen-bond acceptors (Lipinski definition) is 6. The number of nitrogens with zero attached hydrogens (tertiary/aromatic N) is 4. The van der Waals surface area contributed by atoms with Gasteiger partial charge in [-0.15, -0.1) is 0 Å². The lowest BCUT2D eigenvalue weighted by molar-refractivity contribution is -0.140. The van der Waals surface area contributed by atoms with E-state index in [4.69, 9.17) is 32.9 Å². The number of carbonyl (C=O) groups excluding carboxylic acids is 1. The van der Waals surface area contributed by atoms with Gasteiger partial charge in [0.15, 0.2) is 0 Å². The number of fused-ring (bicyclic) bond motifs is 1. The SMILES string of the molecule is COC(=O)CCCCCOC[C@@H]1CCCN1c1cc(-n2ccnc2)c2ccc(Cl)c(Cl)c2n1. The molecular formula is C24H28Cl2N4O3. The number of halogens is 2. The van der Waals surface area contributed by atoms with Gasteiger partial charge in [-0.25, -0.2) is 9.97 Å². The van der Waals surface area contributed by atoms with Crippen LogP contribution in [-0.2, 0) is 14.3 Å². The van der Waals surface area contributed by atoms with Crippen molar-refractivity contribution in [3.05, 3.63) is 47.0 Å². The Bertz CT molecular complexity index is 1090. The first-order chi connectivity index (χ1) is 16.1. The number of rotatable bonds is 10. The molecule has 1 aliphatic rings. The molecule has 2 aromatic heterocycles. The number of benzene rings is 1. The first-order valence-corrected chi connectivity index (χ1v) is 12.0. The van der Waals surface area contributed by atoms with E-state index < -0.39 is 0 Å². The monoisotopic (exact) mass is 490 g/mol. The summed E-state index contributed by atoms with van der Waals surface area (Å²) in [5.74, 6) is 0.705. The highest BCUT2D eigenvalue weighted by Crippen LogP contribution is 2.36. The quantitative estimate of drug-likeness (QED) is 0.278. The molecule has 1 aromatic carbocycles. The molecular weight excluding hydrogens is 463 g/mol. The Balaban J connectivity index is 1.46. The molecule has 7 nitrogen and oxygen atoms in total. The predicted molar refractivity (Wildman–Crippen MR) is 131 cm³/mol. The van der Waals surface area contributed by atoms with Gasteiger partial charge in [0, 0.05) is 43.4 Å². The van der Waals surface area contributed by atoms with E-state index in [1.165, 1.54) is 7.11 Å². The molecule has 1 saturated heterocycles. The van der Waals surface area contributed by atoms with Gasteiger partial charge in [0.05, 0.1) is 47.3 Å². The molecule has 0 radical (unpaired) electrons. The Morgan fingerprint density at radius 2 is 2.12 bits per heavy atom. The van der Waals surface area contributed by atoms with Gasteiger partial charge in [-0.05, 0) is 37.8 Å². The standard InChI is InChI=1S/C24H28Cl2N4O3/c1-32-22(31)7-3-2-4-13-33-15-17-6-5-11-30(17)21-14-20(29-12-10-27-16-29)18-8-9-19(25)23(26)24(18)28-21/h8-10,12,14,16-17H,2-7,11,13,15H2,1H3/t17-/m0/s1. The summed E-state index contributed by atoms with van der Waals surface area (Å²) in [5.41, 5.74) is 1.64. The number of carbonyl (C=O) groups is 1. The molecule has 0 bridgehead atoms. The van der Waals surface area contributed by atoms with Crippen LogP contribution in [0.5, 0.6) is 0 Å². The fourth-order valence-corrected chi connectivity index (χ4v) is 4.61. The third-order valence-electron chi connectivity index (χ3n) is 6.00. The second kappa shape index (κ2) is 11.2. The summed E-state index contributed by atoms with van der Waals surface area (Å²) in [7, 11) is 1.42. The molecule has 3 heterocycles. The van der Waals surface area contributed by atoms with Gasteiger partial charge in [0.2, 0.25) is 0 Å². The van der Waals surface area contributed by atoms with Gasteiger partial charge in [-0.3, -0.25) is 4.79 Å². The van der Waals surface area contributed by atoms with E-state index in [0.717, 1.165) is 55.5 Å². The van der Waals surface area contributed by atoms with Crippen LogP contribution in [0.4, 0.5) is 5.82 Å². The number of esters is 1. The lowest BCUT2D eigenvalue weighted by Crippen LogP contribution is -2.34. The number of imidazole rings is 1. The minimum Gasteiger partial charge on any atom is -0.469 e. The van der Waals surface area contributed by atoms with E-state index in [0.29, 0.717) is 35.2 Å². The van der Waals surface area contributed by atoms with Crippen molar-refractivity contribution in [2.45, 2.75) is 44.6 Å². The Kier molecular flexibility index (Phi) is 8.06. The molecule has 0 saturated carbocycles. The van der Waals surface area contributed by atoms with Gasteiger partial charge in [0.1, 0.15) is 5.82 Å².